The van der Waals surface area contributed by atoms with Crippen LogP contribution >= 0.6 is 47.0 Å². The summed E-state index contributed by atoms with van der Waals surface area (Å²) in [5.41, 5.74) is 6.64. The van der Waals surface area contributed by atoms with E-state index in [0.29, 0.717) is 19.8 Å². The molecule has 3 nitrogen and oxygen atoms in total. The van der Waals surface area contributed by atoms with E-state index in [-0.39, 0.29) is 0 Å². The Kier molecular flexibility index (Phi) is 4.69. The van der Waals surface area contributed by atoms with Gasteiger partial charge in [-0.15, -0.1) is 0 Å². The number of anilines is 1. The minimum atomic E-state index is 0.531. The first-order valence-electron chi connectivity index (χ1n) is 6.75. The van der Waals surface area contributed by atoms with Gasteiger partial charge >= 0.3 is 0 Å². The molecule has 0 saturated carbocycles. The highest BCUT2D eigenvalue weighted by Gasteiger charge is 2.15. The van der Waals surface area contributed by atoms with Gasteiger partial charge in [0.05, 0.1) is 16.4 Å². The molecule has 0 saturated heterocycles. The highest BCUT2D eigenvalue weighted by atomic mass is 35.5. The van der Waals surface area contributed by atoms with Gasteiger partial charge in [-0.3, -0.25) is 5.43 Å². The maximum atomic E-state index is 6.35. The van der Waals surface area contributed by atoms with Gasteiger partial charge in [0, 0.05) is 21.3 Å². The van der Waals surface area contributed by atoms with Crippen LogP contribution in [-0.2, 0) is 0 Å². The second-order valence-corrected chi connectivity index (χ2v) is 6.65. The maximum Gasteiger partial charge on any atom is 0.197 e. The Morgan fingerprint density at radius 1 is 1.04 bits per heavy atom. The number of hydrogen-bond acceptors (Lipinski definition) is 2. The summed E-state index contributed by atoms with van der Waals surface area (Å²) in [7, 11) is 0. The Bertz CT molecular complexity index is 931. The van der Waals surface area contributed by atoms with Crippen LogP contribution in [0.5, 0.6) is 0 Å². The molecule has 0 aliphatic heterocycles. The molecule has 0 aliphatic carbocycles. The van der Waals surface area contributed by atoms with E-state index in [1.54, 1.807) is 16.8 Å². The van der Waals surface area contributed by atoms with Crippen molar-refractivity contribution in [1.82, 2.24) is 9.66 Å². The highest BCUT2D eigenvalue weighted by Crippen LogP contribution is 2.32. The Morgan fingerprint density at radius 2 is 1.78 bits per heavy atom. The number of aromatic amines is 1. The third-order valence-corrected chi connectivity index (χ3v) is 4.40. The van der Waals surface area contributed by atoms with Crippen molar-refractivity contribution >= 4 is 52.7 Å². The van der Waals surface area contributed by atoms with Crippen LogP contribution < -0.4 is 5.43 Å². The van der Waals surface area contributed by atoms with Crippen molar-refractivity contribution in [2.45, 2.75) is 6.92 Å². The van der Waals surface area contributed by atoms with Crippen LogP contribution in [0, 0.1) is 11.7 Å². The number of halogens is 3. The molecule has 0 unspecified atom stereocenters. The number of H-pyrrole nitrogens is 1. The fourth-order valence-corrected chi connectivity index (χ4v) is 3.32. The molecule has 3 rings (SSSR count). The maximum absolute atomic E-state index is 6.35. The molecule has 0 amide bonds. The first kappa shape index (κ1) is 16.4. The number of hydrogen-bond donors (Lipinski definition) is 2. The Morgan fingerprint density at radius 3 is 2.48 bits per heavy atom. The normalized spacial score (nSPS) is 10.8. The predicted molar refractivity (Wildman–Crippen MR) is 100 cm³/mol. The average molecular weight is 385 g/mol. The number of nitrogens with zero attached hydrogens (tertiary/aromatic N) is 1. The van der Waals surface area contributed by atoms with E-state index in [1.807, 2.05) is 37.3 Å². The summed E-state index contributed by atoms with van der Waals surface area (Å²) in [4.78, 5) is 3.14. The SMILES string of the molecule is Cc1[nH]c(=S)n(Nc2cccc(Cl)c2)c1-c1ccc(Cl)cc1Cl. The zero-order valence-corrected chi connectivity index (χ0v) is 15.1. The summed E-state index contributed by atoms with van der Waals surface area (Å²) >= 11 is 23.8. The van der Waals surface area contributed by atoms with E-state index in [1.165, 1.54) is 0 Å². The molecule has 0 fully saturated rings. The number of aromatic nitrogens is 2. The lowest BCUT2D eigenvalue weighted by Gasteiger charge is -2.13. The van der Waals surface area contributed by atoms with Gasteiger partial charge in [0.25, 0.3) is 0 Å². The Hall–Kier alpha value is -1.46. The smallest absolute Gasteiger partial charge is 0.197 e. The van der Waals surface area contributed by atoms with Crippen LogP contribution in [0.1, 0.15) is 5.69 Å². The van der Waals surface area contributed by atoms with Crippen LogP contribution in [0.15, 0.2) is 42.5 Å². The van der Waals surface area contributed by atoms with Gasteiger partial charge in [0.15, 0.2) is 4.77 Å². The highest BCUT2D eigenvalue weighted by molar-refractivity contribution is 7.71. The molecule has 3 aromatic rings. The molecule has 0 atom stereocenters. The molecule has 1 aromatic heterocycles. The van der Waals surface area contributed by atoms with Gasteiger partial charge in [0.2, 0.25) is 0 Å². The van der Waals surface area contributed by atoms with E-state index in [0.717, 1.165) is 22.6 Å². The zero-order chi connectivity index (χ0) is 16.6. The van der Waals surface area contributed by atoms with E-state index in [4.69, 9.17) is 47.0 Å². The lowest BCUT2D eigenvalue weighted by atomic mass is 10.1. The molecular formula is C16H12Cl3N3S. The molecule has 0 spiro atoms. The molecule has 2 aromatic carbocycles. The van der Waals surface area contributed by atoms with Crippen molar-refractivity contribution in [3.05, 3.63) is 68.0 Å². The molecule has 0 radical (unpaired) electrons. The summed E-state index contributed by atoms with van der Waals surface area (Å²) in [6.45, 7) is 1.94. The topological polar surface area (TPSA) is 32.8 Å². The minimum Gasteiger partial charge on any atom is -0.333 e. The first-order valence-corrected chi connectivity index (χ1v) is 8.29. The van der Waals surface area contributed by atoms with E-state index < -0.39 is 0 Å². The standard InChI is InChI=1S/C16H12Cl3N3S/c1-9-15(13-6-5-11(18)8-14(13)19)22(16(23)20-9)21-12-4-2-3-10(17)7-12/h2-8,21H,1H3,(H,20,23). The average Bonchev–Trinajstić information content (AvgIpc) is 2.74. The number of rotatable bonds is 3. The number of aryl methyl sites for hydroxylation is 1. The fraction of sp³-hybridized carbons (Fsp3) is 0.0625. The second-order valence-electron chi connectivity index (χ2n) is 4.99. The van der Waals surface area contributed by atoms with Gasteiger partial charge in [-0.25, -0.2) is 4.68 Å². The molecule has 0 bridgehead atoms. The third-order valence-electron chi connectivity index (χ3n) is 3.33. The van der Waals surface area contributed by atoms with Crippen LogP contribution in [-0.4, -0.2) is 9.66 Å². The summed E-state index contributed by atoms with van der Waals surface area (Å²) in [6, 6.07) is 12.8. The van der Waals surface area contributed by atoms with Gasteiger partial charge in [-0.1, -0.05) is 40.9 Å². The van der Waals surface area contributed by atoms with Crippen LogP contribution in [0.4, 0.5) is 5.69 Å². The van der Waals surface area contributed by atoms with Crippen molar-refractivity contribution in [1.29, 1.82) is 0 Å². The van der Waals surface area contributed by atoms with E-state index in [9.17, 15) is 0 Å². The van der Waals surface area contributed by atoms with Gasteiger partial charge in [-0.05, 0) is 55.5 Å². The van der Waals surface area contributed by atoms with Crippen LogP contribution in [0.2, 0.25) is 15.1 Å². The molecule has 118 valence electrons. The lowest BCUT2D eigenvalue weighted by molar-refractivity contribution is 0.942. The fourth-order valence-electron chi connectivity index (χ4n) is 2.34. The predicted octanol–water partition coefficient (Wildman–Crippen LogP) is 6.36. The number of benzene rings is 2. The van der Waals surface area contributed by atoms with Crippen molar-refractivity contribution in [2.24, 2.45) is 0 Å². The number of imidazole rings is 1. The Balaban J connectivity index is 2.13. The first-order chi connectivity index (χ1) is 11.0. The quantitative estimate of drug-likeness (QED) is 0.515. The minimum absolute atomic E-state index is 0.531. The molecule has 0 aliphatic rings. The van der Waals surface area contributed by atoms with Crippen LogP contribution in [0.3, 0.4) is 0 Å². The molecule has 7 heteroatoms. The summed E-state index contributed by atoms with van der Waals surface area (Å²) < 4.78 is 2.30. The summed E-state index contributed by atoms with van der Waals surface area (Å²) in [5, 5.41) is 1.77. The van der Waals surface area contributed by atoms with Crippen molar-refractivity contribution in [2.75, 3.05) is 5.43 Å². The summed E-state index contributed by atoms with van der Waals surface area (Å²) in [5.74, 6) is 0. The largest absolute Gasteiger partial charge is 0.333 e. The molecule has 23 heavy (non-hydrogen) atoms. The van der Waals surface area contributed by atoms with Gasteiger partial charge < -0.3 is 4.98 Å². The lowest BCUT2D eigenvalue weighted by Crippen LogP contribution is -2.11. The van der Waals surface area contributed by atoms with Gasteiger partial charge in [-0.2, -0.15) is 0 Å². The van der Waals surface area contributed by atoms with Crippen molar-refractivity contribution < 1.29 is 0 Å². The molecule has 2 N–H and O–H groups in total. The number of nitrogens with one attached hydrogen (secondary N) is 2. The van der Waals surface area contributed by atoms with E-state index >= 15 is 0 Å². The Labute approximate surface area is 153 Å². The van der Waals surface area contributed by atoms with Crippen molar-refractivity contribution in [3.8, 4) is 11.3 Å². The molecular weight excluding hydrogens is 373 g/mol. The molecule has 1 heterocycles. The monoisotopic (exact) mass is 383 g/mol. The summed E-state index contributed by atoms with van der Waals surface area (Å²) in [6.07, 6.45) is 0. The second kappa shape index (κ2) is 6.57. The van der Waals surface area contributed by atoms with Crippen LogP contribution in [0.25, 0.3) is 11.3 Å². The van der Waals surface area contributed by atoms with Gasteiger partial charge in [0.1, 0.15) is 0 Å². The van der Waals surface area contributed by atoms with E-state index in [2.05, 4.69) is 10.4 Å². The zero-order valence-electron chi connectivity index (χ0n) is 12.0. The van der Waals surface area contributed by atoms with Crippen molar-refractivity contribution in [3.63, 3.8) is 0 Å². The third kappa shape index (κ3) is 3.40.